The van der Waals surface area contributed by atoms with E-state index in [0.29, 0.717) is 0 Å². The third kappa shape index (κ3) is 3.86. The Morgan fingerprint density at radius 2 is 2.06 bits per heavy atom. The number of nitrogens with one attached hydrogen (secondary N) is 1. The normalized spacial score (nSPS) is 9.88. The lowest BCUT2D eigenvalue weighted by Gasteiger charge is -2.04. The van der Waals surface area contributed by atoms with Crippen LogP contribution in [-0.2, 0) is 9.59 Å². The molecule has 86 valence electrons. The molecule has 1 aromatic carbocycles. The average Bonchev–Trinajstić information content (AvgIpc) is 2.21. The molecular weight excluding hydrogens is 237 g/mol. The zero-order valence-corrected chi connectivity index (χ0v) is 8.92. The Labute approximate surface area is 96.0 Å². The van der Waals surface area contributed by atoms with Crippen LogP contribution in [0.15, 0.2) is 18.2 Å². The minimum absolute atomic E-state index is 0.0384. The van der Waals surface area contributed by atoms with Crippen molar-refractivity contribution in [1.29, 1.82) is 0 Å². The number of hydrogen-bond acceptors (Lipinski definition) is 2. The minimum atomic E-state index is -1.06. The molecule has 0 unspecified atom stereocenters. The van der Waals surface area contributed by atoms with E-state index in [1.807, 2.05) is 0 Å². The van der Waals surface area contributed by atoms with E-state index < -0.39 is 17.7 Å². The molecule has 1 aromatic rings. The maximum atomic E-state index is 13.0. The summed E-state index contributed by atoms with van der Waals surface area (Å²) in [4.78, 5) is 21.4. The number of amides is 1. The van der Waals surface area contributed by atoms with Crippen molar-refractivity contribution in [3.8, 4) is 0 Å². The summed E-state index contributed by atoms with van der Waals surface area (Å²) in [6.07, 6.45) is -0.415. The van der Waals surface area contributed by atoms with Gasteiger partial charge in [0.25, 0.3) is 0 Å². The number of halogens is 2. The molecule has 0 saturated heterocycles. The van der Waals surface area contributed by atoms with Gasteiger partial charge in [-0.2, -0.15) is 0 Å². The topological polar surface area (TPSA) is 66.4 Å². The second kappa shape index (κ2) is 5.46. The fourth-order valence-corrected chi connectivity index (χ4v) is 1.14. The maximum Gasteiger partial charge on any atom is 0.303 e. The molecule has 0 spiro atoms. The van der Waals surface area contributed by atoms with Crippen molar-refractivity contribution in [2.45, 2.75) is 12.8 Å². The van der Waals surface area contributed by atoms with Gasteiger partial charge in [-0.15, -0.1) is 0 Å². The van der Waals surface area contributed by atoms with Gasteiger partial charge in [0.15, 0.2) is 0 Å². The summed E-state index contributed by atoms with van der Waals surface area (Å²) in [5.41, 5.74) is 0.247. The van der Waals surface area contributed by atoms with Crippen LogP contribution in [0.25, 0.3) is 0 Å². The van der Waals surface area contributed by atoms with Crippen LogP contribution in [0.5, 0.6) is 0 Å². The lowest BCUT2D eigenvalue weighted by atomic mass is 10.2. The first-order valence-corrected chi connectivity index (χ1v) is 4.83. The number of carbonyl (C=O) groups excluding carboxylic acids is 1. The number of aliphatic carboxylic acids is 1. The van der Waals surface area contributed by atoms with Crippen LogP contribution >= 0.6 is 11.6 Å². The highest BCUT2D eigenvalue weighted by Crippen LogP contribution is 2.18. The van der Waals surface area contributed by atoms with Gasteiger partial charge in [0.1, 0.15) is 5.82 Å². The second-order valence-electron chi connectivity index (χ2n) is 3.07. The Hall–Kier alpha value is -1.62. The van der Waals surface area contributed by atoms with Gasteiger partial charge >= 0.3 is 5.97 Å². The summed E-state index contributed by atoms with van der Waals surface area (Å²) in [5.74, 6) is -2.18. The molecule has 0 aliphatic heterocycles. The minimum Gasteiger partial charge on any atom is -0.481 e. The third-order valence-electron chi connectivity index (χ3n) is 1.77. The van der Waals surface area contributed by atoms with E-state index in [0.717, 1.165) is 6.07 Å². The lowest BCUT2D eigenvalue weighted by molar-refractivity contribution is -0.138. The second-order valence-corrected chi connectivity index (χ2v) is 3.48. The van der Waals surface area contributed by atoms with Crippen LogP contribution in [0.1, 0.15) is 12.8 Å². The number of carboxylic acids is 1. The van der Waals surface area contributed by atoms with E-state index in [4.69, 9.17) is 16.7 Å². The van der Waals surface area contributed by atoms with Crippen LogP contribution < -0.4 is 5.32 Å². The van der Waals surface area contributed by atoms with Crippen LogP contribution in [0.4, 0.5) is 10.1 Å². The van der Waals surface area contributed by atoms with E-state index in [9.17, 15) is 14.0 Å². The Morgan fingerprint density at radius 1 is 1.38 bits per heavy atom. The molecule has 0 fully saturated rings. The predicted molar refractivity (Wildman–Crippen MR) is 56.9 cm³/mol. The Balaban J connectivity index is 2.56. The van der Waals surface area contributed by atoms with Crippen LogP contribution in [0.2, 0.25) is 5.02 Å². The van der Waals surface area contributed by atoms with Gasteiger partial charge in [0.05, 0.1) is 11.4 Å². The van der Waals surface area contributed by atoms with Crippen molar-refractivity contribution in [1.82, 2.24) is 0 Å². The van der Waals surface area contributed by atoms with Crippen molar-refractivity contribution in [3.63, 3.8) is 0 Å². The maximum absolute atomic E-state index is 13.0. The van der Waals surface area contributed by atoms with E-state index in [1.165, 1.54) is 12.1 Å². The number of carboxylic acid groups (broad SMARTS) is 1. The smallest absolute Gasteiger partial charge is 0.303 e. The van der Waals surface area contributed by atoms with Crippen LogP contribution in [0.3, 0.4) is 0 Å². The number of hydrogen-bond donors (Lipinski definition) is 2. The van der Waals surface area contributed by atoms with Gasteiger partial charge in [-0.05, 0) is 18.2 Å². The van der Waals surface area contributed by atoms with Gasteiger partial charge in [0.2, 0.25) is 5.91 Å². The molecule has 0 saturated carbocycles. The molecule has 1 rings (SSSR count). The van der Waals surface area contributed by atoms with E-state index >= 15 is 0 Å². The van der Waals surface area contributed by atoms with Gasteiger partial charge in [-0.25, -0.2) is 4.39 Å². The summed E-state index contributed by atoms with van der Waals surface area (Å²) in [7, 11) is 0. The molecule has 2 N–H and O–H groups in total. The molecule has 4 nitrogen and oxygen atoms in total. The Kier molecular flexibility index (Phi) is 4.25. The molecule has 0 radical (unpaired) electrons. The fourth-order valence-electron chi connectivity index (χ4n) is 1.02. The molecular formula is C10H9ClFNO3. The highest BCUT2D eigenvalue weighted by molar-refractivity contribution is 6.30. The average molecular weight is 246 g/mol. The van der Waals surface area contributed by atoms with Gasteiger partial charge in [0, 0.05) is 12.1 Å². The number of rotatable bonds is 4. The fraction of sp³-hybridized carbons (Fsp3) is 0.200. The summed E-state index contributed by atoms with van der Waals surface area (Å²) in [5, 5.41) is 10.7. The van der Waals surface area contributed by atoms with Crippen molar-refractivity contribution >= 4 is 29.2 Å². The largest absolute Gasteiger partial charge is 0.481 e. The van der Waals surface area contributed by atoms with Crippen molar-refractivity contribution in [2.75, 3.05) is 5.32 Å². The number of benzene rings is 1. The van der Waals surface area contributed by atoms with E-state index in [1.54, 1.807) is 0 Å². The van der Waals surface area contributed by atoms with Gasteiger partial charge in [-0.3, -0.25) is 9.59 Å². The first-order valence-electron chi connectivity index (χ1n) is 4.45. The summed E-state index contributed by atoms with van der Waals surface area (Å²) in [6, 6.07) is 3.81. The molecule has 0 aliphatic rings. The standard InChI is InChI=1S/C10H9ClFNO3/c11-7-2-1-6(5-8(7)12)13-9(14)3-4-10(15)16/h1-2,5H,3-4H2,(H,13,14)(H,15,16). The summed E-state index contributed by atoms with van der Waals surface area (Å²) >= 11 is 5.45. The van der Waals surface area contributed by atoms with E-state index in [-0.39, 0.29) is 23.6 Å². The molecule has 0 aromatic heterocycles. The first-order chi connectivity index (χ1) is 7.49. The quantitative estimate of drug-likeness (QED) is 0.855. The molecule has 0 aliphatic carbocycles. The third-order valence-corrected chi connectivity index (χ3v) is 2.08. The van der Waals surface area contributed by atoms with Crippen molar-refractivity contribution in [2.24, 2.45) is 0 Å². The molecule has 6 heteroatoms. The number of carbonyl (C=O) groups is 2. The SMILES string of the molecule is O=C(O)CCC(=O)Nc1ccc(Cl)c(F)c1. The molecule has 0 bridgehead atoms. The van der Waals surface area contributed by atoms with Crippen molar-refractivity contribution < 1.29 is 19.1 Å². The van der Waals surface area contributed by atoms with Crippen LogP contribution in [-0.4, -0.2) is 17.0 Å². The molecule has 1 amide bonds. The first kappa shape index (κ1) is 12.4. The molecule has 0 heterocycles. The van der Waals surface area contributed by atoms with Crippen LogP contribution in [0, 0.1) is 5.82 Å². The summed E-state index contributed by atoms with van der Waals surface area (Å²) in [6.45, 7) is 0. The zero-order valence-electron chi connectivity index (χ0n) is 8.17. The Morgan fingerprint density at radius 3 is 2.62 bits per heavy atom. The van der Waals surface area contributed by atoms with Gasteiger partial charge in [-0.1, -0.05) is 11.6 Å². The monoisotopic (exact) mass is 245 g/mol. The zero-order chi connectivity index (χ0) is 12.1. The predicted octanol–water partition coefficient (Wildman–Crippen LogP) is 2.28. The van der Waals surface area contributed by atoms with Crippen molar-refractivity contribution in [3.05, 3.63) is 29.0 Å². The van der Waals surface area contributed by atoms with E-state index in [2.05, 4.69) is 5.32 Å². The highest BCUT2D eigenvalue weighted by atomic mass is 35.5. The van der Waals surface area contributed by atoms with Gasteiger partial charge < -0.3 is 10.4 Å². The Bertz CT molecular complexity index is 423. The lowest BCUT2D eigenvalue weighted by Crippen LogP contribution is -2.13. The molecule has 0 atom stereocenters. The molecule has 16 heavy (non-hydrogen) atoms. The highest BCUT2D eigenvalue weighted by Gasteiger charge is 2.07. The number of anilines is 1. The summed E-state index contributed by atoms with van der Waals surface area (Å²) < 4.78 is 13.0.